The summed E-state index contributed by atoms with van der Waals surface area (Å²) < 4.78 is 80.8. The molecule has 7 aliphatic heterocycles. The van der Waals surface area contributed by atoms with E-state index >= 15 is 0 Å². The van der Waals surface area contributed by atoms with Gasteiger partial charge in [0.05, 0.1) is 56.4 Å². The zero-order valence-corrected chi connectivity index (χ0v) is 56.1. The van der Waals surface area contributed by atoms with E-state index < -0.39 is 71.0 Å². The van der Waals surface area contributed by atoms with Crippen molar-refractivity contribution < 1.29 is 126 Å². The summed E-state index contributed by atoms with van der Waals surface area (Å²) in [6, 6.07) is -0.863. The van der Waals surface area contributed by atoms with E-state index in [0.29, 0.717) is 83.5 Å². The van der Waals surface area contributed by atoms with Gasteiger partial charge in [0.2, 0.25) is 0 Å². The Kier molecular flexibility index (Phi) is 68.0. The molecule has 35 heteroatoms. The SMILES string of the molecule is C.C.C.C.C.C.CC(C)(C)[Si](C)(C)OC[C@@H]1C[C@@H](O)CN1.CN1C[C@H](O)C[C@H]1C(=O)O.CN1C[C@H](O)C[C@H]1C(=O)O.CN1C[C@H](O)C[C@H]1CO.CN1C[C@H](O)C[C@H]1CO[Si](C)(C)C(C)(C)C.COC(=O)[C@@H]1C[C@@H](O)CN1C.FF.FF.FF.FF.O=C(O)[C@@H]1C[C@@H](O)CN1. The Morgan fingerprint density at radius 1 is 0.436 bits per heavy atom. The summed E-state index contributed by atoms with van der Waals surface area (Å²) in [7, 11) is 7.30. The molecule has 13 N–H and O–H groups in total. The standard InChI is InChI=1S/C12H27NO2Si.C11H25NO2Si.C7H13NO3.2C6H11NO3.C6H13NO2.C5H9NO3.6CH4.4F2/c1-12(2,3)16(5,6)15-9-10-7-11(14)8-13(10)4;1-11(2,3)15(4,5)14-8-9-6-10(13)7-12-9;1-8-4-5(9)3-6(8)7(10)11-2;2*1-7-3-4(8)2-5(7)6(9)10;1-7-3-6(9)2-5(7)4-8;7-3-1-4(5(8)9)6-2-3;;;;;;;4*1-2/h10-11,14H,7-9H2,1-6H3;9-10,12-13H,6-8H2,1-5H3;5-6,9H,3-4H2,1-2H3;2*4-5,8H,2-3H2,1H3,(H,9,10);5-6,8-9H,2-4H2,1H3;3-4,6-7H,1-2H2,(H,8,9);6*1H4;;;;/t10-,11+;9-,10+;5-,6+;2*4-,5+;5-,6+;3-,4+;;;;;;;;;;/m0011101........../s1. The average Bonchev–Trinajstić information content (AvgIpc) is 1.42. The molecule has 0 amide bonds. The predicted octanol–water partition coefficient (Wildman–Crippen LogP) is 6.32. The second-order valence-corrected chi connectivity index (χ2v) is 35.3. The van der Waals surface area contributed by atoms with Crippen molar-refractivity contribution >= 4 is 40.5 Å². The number of hydrogen-bond acceptors (Lipinski definition) is 22. The summed E-state index contributed by atoms with van der Waals surface area (Å²) in [6.07, 6.45) is 1.54. The topological polar surface area (TPSA) is 359 Å². The lowest BCUT2D eigenvalue weighted by Crippen LogP contribution is -2.44. The van der Waals surface area contributed by atoms with Gasteiger partial charge in [0.15, 0.2) is 16.6 Å². The third-order valence-electron chi connectivity index (χ3n) is 16.7. The molecule has 7 saturated heterocycles. The first-order valence-corrected chi connectivity index (χ1v) is 34.4. The van der Waals surface area contributed by atoms with Crippen molar-refractivity contribution in [3.05, 3.63) is 0 Å². The minimum Gasteiger partial charge on any atom is -0.480 e. The number of aliphatic hydroxyl groups excluding tert-OH is 8. The van der Waals surface area contributed by atoms with Crippen molar-refractivity contribution in [2.45, 2.75) is 252 Å². The van der Waals surface area contributed by atoms with Gasteiger partial charge in [0.1, 0.15) is 24.2 Å². The first-order valence-electron chi connectivity index (χ1n) is 28.6. The number of carbonyl (C=O) groups excluding carboxylic acids is 1. The predicted molar refractivity (Wildman–Crippen MR) is 358 cm³/mol. The minimum absolute atomic E-state index is 0. The first-order chi connectivity index (χ1) is 40.7. The highest BCUT2D eigenvalue weighted by molar-refractivity contribution is 6.74. The molecule has 0 aromatic rings. The third kappa shape index (κ3) is 44.2. The number of carbonyl (C=O) groups is 4. The van der Waals surface area contributed by atoms with Crippen LogP contribution in [0.2, 0.25) is 36.3 Å². The number of methoxy groups -OCH3 is 1. The van der Waals surface area contributed by atoms with Crippen molar-refractivity contribution in [1.82, 2.24) is 35.1 Å². The first kappa shape index (κ1) is 112. The summed E-state index contributed by atoms with van der Waals surface area (Å²) in [6.45, 7) is 28.3. The molecule has 7 fully saturated rings. The number of β-amino-alcohol motifs (C(OH)–C–C–N with tert-alkyl or cyclic N) is 7. The summed E-state index contributed by atoms with van der Waals surface area (Å²) in [5.74, 6) is -2.84. The fraction of sp³-hybridized carbons (Fsp3) is 0.932. The summed E-state index contributed by atoms with van der Waals surface area (Å²) >= 11 is 0. The number of carboxylic acids is 3. The Bertz CT molecular complexity index is 1850. The van der Waals surface area contributed by atoms with E-state index in [4.69, 9.17) is 91.4 Å². The van der Waals surface area contributed by atoms with Gasteiger partial charge in [-0.15, -0.1) is 0 Å². The van der Waals surface area contributed by atoms with Crippen LogP contribution in [0.25, 0.3) is 0 Å². The highest BCUT2D eigenvalue weighted by Gasteiger charge is 2.41. The van der Waals surface area contributed by atoms with Gasteiger partial charge in [-0.05, 0) is 90.8 Å². The molecule has 0 aromatic carbocycles. The van der Waals surface area contributed by atoms with Crippen LogP contribution >= 0.6 is 0 Å². The summed E-state index contributed by atoms with van der Waals surface area (Å²) in [4.78, 5) is 51.3. The van der Waals surface area contributed by atoms with E-state index in [1.54, 1.807) is 35.8 Å². The monoisotopic (exact) mass is 1440 g/mol. The summed E-state index contributed by atoms with van der Waals surface area (Å²) in [5, 5.41) is 105. The van der Waals surface area contributed by atoms with Gasteiger partial charge < -0.3 is 80.4 Å². The Labute approximate surface area is 559 Å². The third-order valence-corrected chi connectivity index (χ3v) is 25.7. The van der Waals surface area contributed by atoms with Crippen LogP contribution in [0.4, 0.5) is 36.6 Å². The molecule has 0 saturated carbocycles. The summed E-state index contributed by atoms with van der Waals surface area (Å²) in [5.41, 5.74) is 0. The number of esters is 1. The zero-order chi connectivity index (χ0) is 69.8. The Morgan fingerprint density at radius 3 is 0.936 bits per heavy atom. The highest BCUT2D eigenvalue weighted by Crippen LogP contribution is 2.38. The minimum atomic E-state index is -1.63. The molecule has 7 heterocycles. The van der Waals surface area contributed by atoms with Crippen molar-refractivity contribution in [1.29, 1.82) is 0 Å². The van der Waals surface area contributed by atoms with Gasteiger partial charge in [0, 0.05) is 139 Å². The number of rotatable bonds is 11. The molecule has 94 heavy (non-hydrogen) atoms. The van der Waals surface area contributed by atoms with E-state index in [2.05, 4.69) is 95.0 Å². The van der Waals surface area contributed by atoms with Crippen LogP contribution in [0.15, 0.2) is 0 Å². The molecule has 7 rings (SSSR count). The number of ether oxygens (including phenoxy) is 1. The van der Waals surface area contributed by atoms with Crippen LogP contribution in [-0.4, -0.2) is 314 Å². The number of aliphatic hydroxyl groups is 8. The van der Waals surface area contributed by atoms with Crippen LogP contribution in [0.5, 0.6) is 0 Å². The Hall–Kier alpha value is -2.93. The van der Waals surface area contributed by atoms with Gasteiger partial charge in [-0.3, -0.25) is 43.7 Å². The van der Waals surface area contributed by atoms with E-state index in [0.717, 1.165) is 32.6 Å². The Morgan fingerprint density at radius 2 is 0.734 bits per heavy atom. The van der Waals surface area contributed by atoms with Crippen LogP contribution in [0.1, 0.15) is 131 Å². The van der Waals surface area contributed by atoms with Crippen LogP contribution < -0.4 is 10.6 Å². The smallest absolute Gasteiger partial charge is 0.323 e. The van der Waals surface area contributed by atoms with Gasteiger partial charge in [0.25, 0.3) is 0 Å². The van der Waals surface area contributed by atoms with Gasteiger partial charge in [-0.2, -0.15) is 0 Å². The van der Waals surface area contributed by atoms with Gasteiger partial charge >= 0.3 is 23.9 Å². The van der Waals surface area contributed by atoms with E-state index in [1.165, 1.54) is 7.11 Å². The molecular formula is C59H133F8N7O18Si2. The lowest BCUT2D eigenvalue weighted by Gasteiger charge is -2.37. The Balaban J connectivity index is -0.000000107. The molecule has 0 aliphatic carbocycles. The maximum Gasteiger partial charge on any atom is 0.323 e. The van der Waals surface area contributed by atoms with Crippen LogP contribution in [0, 0.1) is 0 Å². The lowest BCUT2D eigenvalue weighted by atomic mass is 10.2. The fourth-order valence-electron chi connectivity index (χ4n) is 9.29. The molecule has 576 valence electrons. The maximum absolute atomic E-state index is 11.0. The molecule has 7 aliphatic rings. The largest absolute Gasteiger partial charge is 0.480 e. The second kappa shape index (κ2) is 56.9. The van der Waals surface area contributed by atoms with E-state index in [-0.39, 0.29) is 104 Å². The van der Waals surface area contributed by atoms with Crippen molar-refractivity contribution in [2.75, 3.05) is 108 Å². The van der Waals surface area contributed by atoms with Gasteiger partial charge in [-0.1, -0.05) is 86.1 Å². The molecule has 0 bridgehead atoms. The number of carboxylic acid groups (broad SMARTS) is 3. The molecule has 25 nitrogen and oxygen atoms in total. The number of halogens is 8. The average molecular weight is 1440 g/mol. The highest BCUT2D eigenvalue weighted by atomic mass is 28.4. The van der Waals surface area contributed by atoms with Crippen LogP contribution in [0.3, 0.4) is 0 Å². The number of nitrogens with zero attached hydrogens (tertiary/aromatic N) is 5. The van der Waals surface area contributed by atoms with Gasteiger partial charge in [-0.25, -0.2) is 0 Å². The number of likely N-dealkylation sites (N-methyl/N-ethyl adjacent to an activating group) is 5. The second-order valence-electron chi connectivity index (χ2n) is 25.7. The molecule has 0 unspecified atom stereocenters. The molecule has 0 radical (unpaired) electrons. The number of aliphatic carboxylic acids is 3. The molecule has 0 spiro atoms. The number of hydrogen-bond donors (Lipinski definition) is 13. The zero-order valence-electron chi connectivity index (χ0n) is 54.1. The van der Waals surface area contributed by atoms with Crippen molar-refractivity contribution in [3.8, 4) is 0 Å². The normalized spacial score (nSPS) is 27.7. The molecule has 14 atom stereocenters. The lowest BCUT2D eigenvalue weighted by molar-refractivity contribution is -0.145. The molecule has 0 aromatic heterocycles. The van der Waals surface area contributed by atoms with Crippen molar-refractivity contribution in [3.63, 3.8) is 0 Å². The molecular weight excluding hydrogens is 1300 g/mol. The van der Waals surface area contributed by atoms with Crippen LogP contribution in [-0.2, 0) is 32.8 Å². The quantitative estimate of drug-likeness (QED) is 0.0611. The maximum atomic E-state index is 11.0. The fourth-order valence-corrected chi connectivity index (χ4v) is 11.4. The van der Waals surface area contributed by atoms with E-state index in [1.807, 2.05) is 11.9 Å². The van der Waals surface area contributed by atoms with E-state index in [9.17, 15) is 29.4 Å². The number of likely N-dealkylation sites (tertiary alicyclic amines) is 5. The van der Waals surface area contributed by atoms with Crippen molar-refractivity contribution in [2.24, 2.45) is 0 Å². The number of nitrogens with one attached hydrogen (secondary N) is 2.